The van der Waals surface area contributed by atoms with Gasteiger partial charge in [0.05, 0.1) is 31.0 Å². The molecule has 1 aliphatic rings. The number of amides is 1. The molecule has 6 nitrogen and oxygen atoms in total. The van der Waals surface area contributed by atoms with Gasteiger partial charge in [-0.2, -0.15) is 0 Å². The van der Waals surface area contributed by atoms with Crippen molar-refractivity contribution < 1.29 is 14.3 Å². The molecule has 1 aliphatic heterocycles. The number of rotatable bonds is 7. The molecule has 0 saturated carbocycles. The molecule has 4 rings (SSSR count). The molecule has 3 aromatic rings. The van der Waals surface area contributed by atoms with E-state index in [1.54, 1.807) is 25.6 Å². The second-order valence-corrected chi connectivity index (χ2v) is 8.57. The molecule has 0 aliphatic carbocycles. The largest absolute Gasteiger partial charge is 0.497 e. The summed E-state index contributed by atoms with van der Waals surface area (Å²) in [5, 5.41) is 1.14. The monoisotopic (exact) mass is 425 g/mol. The molecule has 0 N–H and O–H groups in total. The molecular formula is C23H27N3O3S. The van der Waals surface area contributed by atoms with Crippen molar-refractivity contribution in [3.63, 3.8) is 0 Å². The number of carbonyl (C=O) groups excluding carboxylic acids is 1. The van der Waals surface area contributed by atoms with Crippen LogP contribution in [0.25, 0.3) is 10.2 Å². The molecule has 0 spiro atoms. The first kappa shape index (κ1) is 20.6. The van der Waals surface area contributed by atoms with Crippen LogP contribution in [0.5, 0.6) is 11.5 Å². The maximum absolute atomic E-state index is 12.7. The third kappa shape index (κ3) is 4.91. The van der Waals surface area contributed by atoms with Gasteiger partial charge in [-0.3, -0.25) is 9.69 Å². The summed E-state index contributed by atoms with van der Waals surface area (Å²) in [6.45, 7) is 4.16. The molecule has 1 saturated heterocycles. The predicted octanol–water partition coefficient (Wildman–Crippen LogP) is 3.59. The van der Waals surface area contributed by atoms with Crippen LogP contribution in [-0.4, -0.2) is 61.1 Å². The zero-order chi connectivity index (χ0) is 20.9. The molecule has 7 heteroatoms. The first-order valence-corrected chi connectivity index (χ1v) is 11.0. The minimum Gasteiger partial charge on any atom is -0.497 e. The minimum absolute atomic E-state index is 0.205. The van der Waals surface area contributed by atoms with Crippen molar-refractivity contribution in [1.29, 1.82) is 0 Å². The molecule has 2 aromatic carbocycles. The molecular weight excluding hydrogens is 398 g/mol. The van der Waals surface area contributed by atoms with Gasteiger partial charge in [-0.15, -0.1) is 11.3 Å². The summed E-state index contributed by atoms with van der Waals surface area (Å²) in [7, 11) is 3.27. The van der Waals surface area contributed by atoms with Gasteiger partial charge in [-0.25, -0.2) is 4.98 Å². The quantitative estimate of drug-likeness (QED) is 0.579. The van der Waals surface area contributed by atoms with Crippen molar-refractivity contribution in [3.05, 3.63) is 53.0 Å². The zero-order valence-electron chi connectivity index (χ0n) is 17.5. The Balaban J connectivity index is 1.27. The van der Waals surface area contributed by atoms with Gasteiger partial charge in [0.25, 0.3) is 0 Å². The normalized spacial score (nSPS) is 14.8. The number of benzene rings is 2. The van der Waals surface area contributed by atoms with Crippen LogP contribution in [0.15, 0.2) is 42.5 Å². The molecule has 30 heavy (non-hydrogen) atoms. The van der Waals surface area contributed by atoms with E-state index >= 15 is 0 Å². The number of hydrogen-bond donors (Lipinski definition) is 0. The number of thiazole rings is 1. The van der Waals surface area contributed by atoms with Crippen LogP contribution in [0.4, 0.5) is 0 Å². The van der Waals surface area contributed by atoms with E-state index in [1.807, 2.05) is 29.2 Å². The number of piperazine rings is 1. The number of nitrogens with zero attached hydrogens (tertiary/aromatic N) is 3. The number of methoxy groups -OCH3 is 2. The number of carbonyl (C=O) groups is 1. The van der Waals surface area contributed by atoms with Crippen LogP contribution >= 0.6 is 11.3 Å². The molecule has 0 bridgehead atoms. The smallest absolute Gasteiger partial charge is 0.222 e. The maximum Gasteiger partial charge on any atom is 0.222 e. The average Bonchev–Trinajstić information content (AvgIpc) is 3.20. The molecule has 2 heterocycles. The molecule has 158 valence electrons. The summed E-state index contributed by atoms with van der Waals surface area (Å²) in [5.41, 5.74) is 2.12. The summed E-state index contributed by atoms with van der Waals surface area (Å²) >= 11 is 1.76. The van der Waals surface area contributed by atoms with Crippen molar-refractivity contribution >= 4 is 27.5 Å². The van der Waals surface area contributed by atoms with E-state index in [2.05, 4.69) is 23.1 Å². The fraction of sp³-hybridized carbons (Fsp3) is 0.391. The Kier molecular flexibility index (Phi) is 6.50. The van der Waals surface area contributed by atoms with Crippen LogP contribution in [0.2, 0.25) is 0 Å². The number of hydrogen-bond acceptors (Lipinski definition) is 6. The van der Waals surface area contributed by atoms with E-state index < -0.39 is 0 Å². The van der Waals surface area contributed by atoms with Gasteiger partial charge in [-0.05, 0) is 36.2 Å². The number of para-hydroxylation sites is 1. The highest BCUT2D eigenvalue weighted by Crippen LogP contribution is 2.24. The van der Waals surface area contributed by atoms with Crippen LogP contribution in [0.1, 0.15) is 17.0 Å². The van der Waals surface area contributed by atoms with Gasteiger partial charge < -0.3 is 14.4 Å². The molecule has 1 amide bonds. The van der Waals surface area contributed by atoms with Gasteiger partial charge in [0.15, 0.2) is 0 Å². The van der Waals surface area contributed by atoms with Crippen LogP contribution in [-0.2, 0) is 17.8 Å². The fourth-order valence-electron chi connectivity index (χ4n) is 3.75. The van der Waals surface area contributed by atoms with Crippen molar-refractivity contribution in [3.8, 4) is 11.5 Å². The van der Waals surface area contributed by atoms with Crippen molar-refractivity contribution in [1.82, 2.24) is 14.8 Å². The predicted molar refractivity (Wildman–Crippen MR) is 119 cm³/mol. The second-order valence-electron chi connectivity index (χ2n) is 7.45. The lowest BCUT2D eigenvalue weighted by molar-refractivity contribution is -0.133. The second kappa shape index (κ2) is 9.45. The van der Waals surface area contributed by atoms with Gasteiger partial charge in [0.2, 0.25) is 5.91 Å². The van der Waals surface area contributed by atoms with Crippen molar-refractivity contribution in [2.24, 2.45) is 0 Å². The standard InChI is InChI=1S/C23H27N3O3S/c1-28-18-13-17(14-19(15-18)29-2)7-8-23(27)26-11-9-25(10-12-26)16-22-24-20-5-3-4-6-21(20)30-22/h3-6,13-15H,7-12,16H2,1-2H3. The van der Waals surface area contributed by atoms with Crippen LogP contribution < -0.4 is 9.47 Å². The maximum atomic E-state index is 12.7. The number of aromatic nitrogens is 1. The molecule has 1 fully saturated rings. The summed E-state index contributed by atoms with van der Waals surface area (Å²) in [6.07, 6.45) is 1.17. The number of aryl methyl sites for hydroxylation is 1. The highest BCUT2D eigenvalue weighted by molar-refractivity contribution is 7.18. The van der Waals surface area contributed by atoms with Crippen LogP contribution in [0, 0.1) is 0 Å². The first-order chi connectivity index (χ1) is 14.6. The van der Waals surface area contributed by atoms with Gasteiger partial charge in [0.1, 0.15) is 16.5 Å². The Morgan fingerprint density at radius 2 is 1.73 bits per heavy atom. The van der Waals surface area contributed by atoms with Crippen LogP contribution in [0.3, 0.4) is 0 Å². The van der Waals surface area contributed by atoms with Gasteiger partial charge in [-0.1, -0.05) is 12.1 Å². The van der Waals surface area contributed by atoms with Crippen molar-refractivity contribution in [2.45, 2.75) is 19.4 Å². The van der Waals surface area contributed by atoms with Gasteiger partial charge in [0, 0.05) is 38.7 Å². The lowest BCUT2D eigenvalue weighted by atomic mass is 10.1. The van der Waals surface area contributed by atoms with E-state index in [0.29, 0.717) is 12.8 Å². The lowest BCUT2D eigenvalue weighted by Crippen LogP contribution is -2.48. The Hall–Kier alpha value is -2.64. The summed E-state index contributed by atoms with van der Waals surface area (Å²) in [4.78, 5) is 21.8. The van der Waals surface area contributed by atoms with E-state index in [4.69, 9.17) is 14.5 Å². The van der Waals surface area contributed by atoms with E-state index in [1.165, 1.54) is 4.70 Å². The molecule has 1 aromatic heterocycles. The number of fused-ring (bicyclic) bond motifs is 1. The molecule has 0 atom stereocenters. The minimum atomic E-state index is 0.205. The average molecular weight is 426 g/mol. The number of ether oxygens (including phenoxy) is 2. The first-order valence-electron chi connectivity index (χ1n) is 10.2. The van der Waals surface area contributed by atoms with E-state index in [-0.39, 0.29) is 5.91 Å². The van der Waals surface area contributed by atoms with Gasteiger partial charge >= 0.3 is 0 Å². The SMILES string of the molecule is COc1cc(CCC(=O)N2CCN(Cc3nc4ccccc4s3)CC2)cc(OC)c1. The Morgan fingerprint density at radius 3 is 2.40 bits per heavy atom. The summed E-state index contributed by atoms with van der Waals surface area (Å²) < 4.78 is 11.9. The fourth-order valence-corrected chi connectivity index (χ4v) is 4.76. The lowest BCUT2D eigenvalue weighted by Gasteiger charge is -2.34. The third-order valence-electron chi connectivity index (χ3n) is 5.46. The Morgan fingerprint density at radius 1 is 1.03 bits per heavy atom. The topological polar surface area (TPSA) is 54.9 Å². The Labute approximate surface area is 181 Å². The third-order valence-corrected chi connectivity index (χ3v) is 6.48. The summed E-state index contributed by atoms with van der Waals surface area (Å²) in [5.74, 6) is 1.71. The highest BCUT2D eigenvalue weighted by Gasteiger charge is 2.22. The summed E-state index contributed by atoms with van der Waals surface area (Å²) in [6, 6.07) is 14.0. The van der Waals surface area contributed by atoms with E-state index in [0.717, 1.165) is 60.3 Å². The van der Waals surface area contributed by atoms with E-state index in [9.17, 15) is 4.79 Å². The highest BCUT2D eigenvalue weighted by atomic mass is 32.1. The van der Waals surface area contributed by atoms with Crippen molar-refractivity contribution in [2.75, 3.05) is 40.4 Å². The molecule has 0 radical (unpaired) electrons. The zero-order valence-corrected chi connectivity index (χ0v) is 18.3. The molecule has 0 unspecified atom stereocenters. The Bertz CT molecular complexity index is 957.